The lowest BCUT2D eigenvalue weighted by atomic mass is 9.92. The smallest absolute Gasteiger partial charge is 0.111 e. The van der Waals surface area contributed by atoms with E-state index in [0.717, 1.165) is 48.3 Å². The van der Waals surface area contributed by atoms with Crippen LogP contribution in [0.1, 0.15) is 31.6 Å². The summed E-state index contributed by atoms with van der Waals surface area (Å²) < 4.78 is 8.95. The van der Waals surface area contributed by atoms with Crippen LogP contribution in [0.25, 0.3) is 11.0 Å². The van der Waals surface area contributed by atoms with E-state index in [4.69, 9.17) is 21.3 Å². The van der Waals surface area contributed by atoms with Crippen molar-refractivity contribution in [1.82, 2.24) is 9.55 Å². The molecule has 5 heteroatoms. The summed E-state index contributed by atoms with van der Waals surface area (Å²) in [6.45, 7) is 4.05. The number of fused-ring (bicyclic) bond motifs is 1. The minimum absolute atomic E-state index is 0.429. The highest BCUT2D eigenvalue weighted by molar-refractivity contribution is 9.10. The molecule has 3 rings (SSSR count). The zero-order chi connectivity index (χ0) is 14.8. The van der Waals surface area contributed by atoms with E-state index in [9.17, 15) is 0 Å². The van der Waals surface area contributed by atoms with Crippen LogP contribution in [0.2, 0.25) is 0 Å². The molecule has 2 aromatic rings. The van der Waals surface area contributed by atoms with Crippen LogP contribution in [-0.4, -0.2) is 28.6 Å². The van der Waals surface area contributed by atoms with Gasteiger partial charge in [0.05, 0.1) is 11.0 Å². The lowest BCUT2D eigenvalue weighted by Crippen LogP contribution is -2.25. The van der Waals surface area contributed by atoms with Crippen LogP contribution in [0.3, 0.4) is 0 Å². The second-order valence-electron chi connectivity index (χ2n) is 5.66. The second kappa shape index (κ2) is 6.67. The van der Waals surface area contributed by atoms with Gasteiger partial charge < -0.3 is 9.30 Å². The molecular weight excluding hydrogens is 352 g/mol. The predicted molar refractivity (Wildman–Crippen MR) is 90.1 cm³/mol. The number of alkyl halides is 1. The van der Waals surface area contributed by atoms with Crippen molar-refractivity contribution in [3.63, 3.8) is 0 Å². The zero-order valence-electron chi connectivity index (χ0n) is 12.2. The van der Waals surface area contributed by atoms with Crippen molar-refractivity contribution in [1.29, 1.82) is 0 Å². The maximum absolute atomic E-state index is 5.97. The van der Waals surface area contributed by atoms with Crippen LogP contribution < -0.4 is 0 Å². The van der Waals surface area contributed by atoms with Gasteiger partial charge in [-0.15, -0.1) is 11.6 Å². The van der Waals surface area contributed by atoms with Crippen LogP contribution >= 0.6 is 27.5 Å². The molecule has 1 saturated heterocycles. The van der Waals surface area contributed by atoms with Crippen molar-refractivity contribution < 1.29 is 4.74 Å². The van der Waals surface area contributed by atoms with E-state index in [2.05, 4.69) is 45.6 Å². The number of imidazole rings is 1. The van der Waals surface area contributed by atoms with Crippen molar-refractivity contribution in [2.45, 2.75) is 32.2 Å². The molecular formula is C16H20BrClN2O. The topological polar surface area (TPSA) is 27.1 Å². The van der Waals surface area contributed by atoms with Crippen molar-refractivity contribution in [3.8, 4) is 0 Å². The quantitative estimate of drug-likeness (QED) is 0.736. The molecule has 114 valence electrons. The zero-order valence-corrected chi connectivity index (χ0v) is 14.5. The standard InChI is InChI=1S/C16H20BrClN2O/c1-11(12-5-8-21-9-6-12)20-15-3-2-13(17)10-14(15)19-16(20)4-7-18/h2-3,10-12H,4-9H2,1H3. The average Bonchev–Trinajstić information content (AvgIpc) is 2.85. The van der Waals surface area contributed by atoms with Gasteiger partial charge in [-0.3, -0.25) is 0 Å². The fraction of sp³-hybridized carbons (Fsp3) is 0.562. The highest BCUT2D eigenvalue weighted by atomic mass is 79.9. The Morgan fingerprint density at radius 1 is 1.43 bits per heavy atom. The van der Waals surface area contributed by atoms with Gasteiger partial charge in [-0.1, -0.05) is 15.9 Å². The van der Waals surface area contributed by atoms with Crippen LogP contribution in [-0.2, 0) is 11.2 Å². The molecule has 21 heavy (non-hydrogen) atoms. The van der Waals surface area contributed by atoms with Gasteiger partial charge >= 0.3 is 0 Å². The molecule has 0 saturated carbocycles. The van der Waals surface area contributed by atoms with Gasteiger partial charge in [-0.25, -0.2) is 4.98 Å². The summed E-state index contributed by atoms with van der Waals surface area (Å²) in [5.74, 6) is 2.34. The second-order valence-corrected chi connectivity index (χ2v) is 6.95. The summed E-state index contributed by atoms with van der Waals surface area (Å²) in [4.78, 5) is 4.80. The molecule has 1 atom stereocenters. The first-order chi connectivity index (χ1) is 10.2. The minimum atomic E-state index is 0.429. The molecule has 0 N–H and O–H groups in total. The molecule has 1 aromatic heterocycles. The number of nitrogens with zero attached hydrogens (tertiary/aromatic N) is 2. The molecule has 0 aliphatic carbocycles. The fourth-order valence-electron chi connectivity index (χ4n) is 3.25. The Hall–Kier alpha value is -0.580. The highest BCUT2D eigenvalue weighted by Gasteiger charge is 2.25. The first-order valence-corrected chi connectivity index (χ1v) is 8.83. The molecule has 1 fully saturated rings. The third-order valence-corrected chi connectivity index (χ3v) is 5.08. The molecule has 3 nitrogen and oxygen atoms in total. The molecule has 0 spiro atoms. The van der Waals surface area contributed by atoms with Crippen LogP contribution in [0, 0.1) is 5.92 Å². The number of aryl methyl sites for hydroxylation is 1. The van der Waals surface area contributed by atoms with E-state index >= 15 is 0 Å². The van der Waals surface area contributed by atoms with Gasteiger partial charge in [-0.05, 0) is 43.9 Å². The first kappa shape index (κ1) is 15.3. The Balaban J connectivity index is 2.03. The number of ether oxygens (including phenoxy) is 1. The molecule has 1 aromatic carbocycles. The Kier molecular flexibility index (Phi) is 4.87. The van der Waals surface area contributed by atoms with Gasteiger partial charge in [-0.2, -0.15) is 0 Å². The lowest BCUT2D eigenvalue weighted by Gasteiger charge is -2.30. The van der Waals surface area contributed by atoms with E-state index in [1.807, 2.05) is 0 Å². The van der Waals surface area contributed by atoms with Gasteiger partial charge in [0.15, 0.2) is 0 Å². The summed E-state index contributed by atoms with van der Waals surface area (Å²) in [5, 5.41) is 0. The van der Waals surface area contributed by atoms with Gasteiger partial charge in [0, 0.05) is 36.0 Å². The summed E-state index contributed by atoms with van der Waals surface area (Å²) in [6, 6.07) is 6.75. The van der Waals surface area contributed by atoms with E-state index in [1.54, 1.807) is 0 Å². The van der Waals surface area contributed by atoms with Crippen LogP contribution in [0.4, 0.5) is 0 Å². The van der Waals surface area contributed by atoms with Crippen molar-refractivity contribution in [3.05, 3.63) is 28.5 Å². The third-order valence-electron chi connectivity index (χ3n) is 4.40. The Morgan fingerprint density at radius 3 is 2.90 bits per heavy atom. The number of hydrogen-bond acceptors (Lipinski definition) is 2. The number of aromatic nitrogens is 2. The average molecular weight is 372 g/mol. The van der Waals surface area contributed by atoms with Crippen molar-refractivity contribution in [2.75, 3.05) is 19.1 Å². The van der Waals surface area contributed by atoms with Gasteiger partial charge in [0.2, 0.25) is 0 Å². The monoisotopic (exact) mass is 370 g/mol. The normalized spacial score (nSPS) is 18.2. The molecule has 0 amide bonds. The van der Waals surface area contributed by atoms with Gasteiger partial charge in [0.1, 0.15) is 5.82 Å². The summed E-state index contributed by atoms with van der Waals surface area (Å²) in [6.07, 6.45) is 3.05. The van der Waals surface area contributed by atoms with E-state index in [1.165, 1.54) is 5.52 Å². The molecule has 1 unspecified atom stereocenters. The Labute approximate surface area is 138 Å². The third kappa shape index (κ3) is 3.13. The molecule has 2 heterocycles. The number of benzene rings is 1. The van der Waals surface area contributed by atoms with Crippen LogP contribution in [0.15, 0.2) is 22.7 Å². The van der Waals surface area contributed by atoms with Crippen molar-refractivity contribution in [2.24, 2.45) is 5.92 Å². The number of hydrogen-bond donors (Lipinski definition) is 0. The summed E-state index contributed by atoms with van der Waals surface area (Å²) >= 11 is 9.50. The minimum Gasteiger partial charge on any atom is -0.381 e. The molecule has 0 bridgehead atoms. The lowest BCUT2D eigenvalue weighted by molar-refractivity contribution is 0.0515. The summed E-state index contributed by atoms with van der Waals surface area (Å²) in [7, 11) is 0. The van der Waals surface area contributed by atoms with E-state index < -0.39 is 0 Å². The van der Waals surface area contributed by atoms with E-state index in [-0.39, 0.29) is 0 Å². The maximum atomic E-state index is 5.97. The molecule has 1 aliphatic heterocycles. The first-order valence-electron chi connectivity index (χ1n) is 7.50. The SMILES string of the molecule is CC(C1CCOCC1)n1c(CCCl)nc2cc(Br)ccc21. The summed E-state index contributed by atoms with van der Waals surface area (Å²) in [5.41, 5.74) is 2.25. The molecule has 1 aliphatic rings. The highest BCUT2D eigenvalue weighted by Crippen LogP contribution is 2.32. The molecule has 0 radical (unpaired) electrons. The number of halogens is 2. The Bertz CT molecular complexity index is 622. The maximum Gasteiger partial charge on any atom is 0.111 e. The van der Waals surface area contributed by atoms with E-state index in [0.29, 0.717) is 17.8 Å². The van der Waals surface area contributed by atoms with Gasteiger partial charge in [0.25, 0.3) is 0 Å². The largest absolute Gasteiger partial charge is 0.381 e. The van der Waals surface area contributed by atoms with Crippen LogP contribution in [0.5, 0.6) is 0 Å². The fourth-order valence-corrected chi connectivity index (χ4v) is 3.76. The number of rotatable bonds is 4. The Morgan fingerprint density at radius 2 is 2.19 bits per heavy atom. The predicted octanol–water partition coefficient (Wildman–Crippen LogP) is 4.57. The van der Waals surface area contributed by atoms with Crippen molar-refractivity contribution >= 4 is 38.6 Å².